The molecule has 302 valence electrons. The summed E-state index contributed by atoms with van der Waals surface area (Å²) in [5, 5.41) is 6.63. The smallest absolute Gasteiger partial charge is 0.271 e. The van der Waals surface area contributed by atoms with E-state index in [0.29, 0.717) is 41.6 Å². The molecule has 2 aliphatic rings. The van der Waals surface area contributed by atoms with Gasteiger partial charge >= 0.3 is 0 Å². The zero-order valence-electron chi connectivity index (χ0n) is 33.5. The van der Waals surface area contributed by atoms with Crippen LogP contribution in [-0.4, -0.2) is 56.3 Å². The van der Waals surface area contributed by atoms with E-state index in [2.05, 4.69) is 91.7 Å². The highest BCUT2D eigenvalue weighted by molar-refractivity contribution is 7.91. The molecule has 5 aromatic rings. The zero-order valence-corrected chi connectivity index (χ0v) is 36.1. The number of sulfone groups is 1. The van der Waals surface area contributed by atoms with Crippen LogP contribution in [0.1, 0.15) is 90.2 Å². The second kappa shape index (κ2) is 17.5. The molecule has 0 unspecified atom stereocenters. The monoisotopic (exact) mass is 826 g/mol. The summed E-state index contributed by atoms with van der Waals surface area (Å²) in [6.07, 6.45) is 10.1. The summed E-state index contributed by atoms with van der Waals surface area (Å²) in [7, 11) is -6.10. The Hall–Kier alpha value is -3.87. The van der Waals surface area contributed by atoms with Crippen molar-refractivity contribution in [2.75, 3.05) is 24.3 Å². The first kappa shape index (κ1) is 41.3. The average Bonchev–Trinajstić information content (AvgIpc) is 3.74. The summed E-state index contributed by atoms with van der Waals surface area (Å²) in [5.41, 5.74) is 1.74. The summed E-state index contributed by atoms with van der Waals surface area (Å²) in [4.78, 5) is 22.5. The summed E-state index contributed by atoms with van der Waals surface area (Å²) < 4.78 is 42.0. The van der Waals surface area contributed by atoms with Gasteiger partial charge in [0.1, 0.15) is 10.7 Å². The third-order valence-corrected chi connectivity index (χ3v) is 19.0. The maximum atomic E-state index is 13.4. The van der Waals surface area contributed by atoms with Crippen molar-refractivity contribution >= 4 is 62.8 Å². The molecule has 0 atom stereocenters. The number of nitrogens with zero attached hydrogens (tertiary/aromatic N) is 3. The summed E-state index contributed by atoms with van der Waals surface area (Å²) in [5.74, 6) is 0.793. The molecule has 0 spiro atoms. The maximum absolute atomic E-state index is 13.4. The van der Waals surface area contributed by atoms with E-state index >= 15 is 0 Å². The number of halogens is 1. The van der Waals surface area contributed by atoms with Crippen LogP contribution in [0.5, 0.6) is 0 Å². The van der Waals surface area contributed by atoms with Crippen LogP contribution in [0.15, 0.2) is 101 Å². The van der Waals surface area contributed by atoms with E-state index < -0.39 is 18.2 Å². The first-order chi connectivity index (χ1) is 27.4. The fourth-order valence-electron chi connectivity index (χ4n) is 8.82. The van der Waals surface area contributed by atoms with Gasteiger partial charge in [0.25, 0.3) is 13.9 Å². The van der Waals surface area contributed by atoms with E-state index in [9.17, 15) is 13.2 Å². The molecule has 2 aliphatic carbocycles. The Bertz CT molecular complexity index is 2280. The molecule has 2 fully saturated rings. The first-order valence-corrected chi connectivity index (χ1v) is 24.3. The average molecular weight is 828 g/mol. The van der Waals surface area contributed by atoms with Crippen LogP contribution in [0.3, 0.4) is 0 Å². The minimum atomic E-state index is -3.52. The normalized spacial score (nSPS) is 18.3. The third-order valence-electron chi connectivity index (χ3n) is 11.9. The van der Waals surface area contributed by atoms with Crippen molar-refractivity contribution in [1.82, 2.24) is 14.5 Å². The molecule has 0 saturated heterocycles. The number of benzene rings is 3. The van der Waals surface area contributed by atoms with Gasteiger partial charge in [0.15, 0.2) is 9.84 Å². The van der Waals surface area contributed by atoms with E-state index in [0.717, 1.165) is 63.5 Å². The highest BCUT2D eigenvalue weighted by Gasteiger charge is 2.50. The Morgan fingerprint density at radius 1 is 0.895 bits per heavy atom. The van der Waals surface area contributed by atoms with Crippen LogP contribution in [0, 0.1) is 12.8 Å². The molecule has 57 heavy (non-hydrogen) atoms. The van der Waals surface area contributed by atoms with Gasteiger partial charge in [0.05, 0.1) is 16.8 Å². The van der Waals surface area contributed by atoms with Crippen LogP contribution in [0.4, 0.5) is 11.6 Å². The summed E-state index contributed by atoms with van der Waals surface area (Å²) in [6, 6.07) is 28.3. The third kappa shape index (κ3) is 9.08. The van der Waals surface area contributed by atoms with Crippen LogP contribution in [0.25, 0.3) is 11.0 Å². The number of aromatic nitrogens is 3. The van der Waals surface area contributed by atoms with Gasteiger partial charge in [-0.1, -0.05) is 106 Å². The molecule has 0 amide bonds. The summed E-state index contributed by atoms with van der Waals surface area (Å²) in [6.45, 7) is 9.93. The SMILES string of the molecule is Cc1cc(S(=O)(=O)CCCOC2CCC(CO[Si](c3ccccc3)(c3ccccc3)C(C)(C)C)CC2)ccc1Nc1ncc2cc(Cl)c(=O)n(C3CCCC3)c2n1. The molecule has 0 aliphatic heterocycles. The molecule has 9 nitrogen and oxygen atoms in total. The highest BCUT2D eigenvalue weighted by Crippen LogP contribution is 2.38. The number of rotatable bonds is 14. The van der Waals surface area contributed by atoms with Gasteiger partial charge in [-0.3, -0.25) is 9.36 Å². The first-order valence-electron chi connectivity index (χ1n) is 20.4. The van der Waals surface area contributed by atoms with E-state index in [1.165, 1.54) is 10.4 Å². The lowest BCUT2D eigenvalue weighted by Gasteiger charge is -2.44. The second-order valence-electron chi connectivity index (χ2n) is 16.8. The van der Waals surface area contributed by atoms with E-state index in [-0.39, 0.29) is 38.4 Å². The molecule has 2 heterocycles. The molecule has 2 aromatic heterocycles. The quantitative estimate of drug-likeness (QED) is 0.0873. The van der Waals surface area contributed by atoms with Gasteiger partial charge < -0.3 is 14.5 Å². The van der Waals surface area contributed by atoms with Gasteiger partial charge in [-0.15, -0.1) is 0 Å². The maximum Gasteiger partial charge on any atom is 0.271 e. The molecule has 0 bridgehead atoms. The molecule has 3 aromatic carbocycles. The number of fused-ring (bicyclic) bond motifs is 1. The van der Waals surface area contributed by atoms with Crippen LogP contribution in [0.2, 0.25) is 10.1 Å². The Kier molecular flexibility index (Phi) is 12.7. The fraction of sp³-hybridized carbons (Fsp3) is 0.444. The van der Waals surface area contributed by atoms with Crippen molar-refractivity contribution < 1.29 is 17.6 Å². The molecule has 0 radical (unpaired) electrons. The van der Waals surface area contributed by atoms with E-state index in [4.69, 9.17) is 25.7 Å². The molecular weight excluding hydrogens is 772 g/mol. The number of hydrogen-bond donors (Lipinski definition) is 1. The van der Waals surface area contributed by atoms with Gasteiger partial charge in [0.2, 0.25) is 5.95 Å². The molecular formula is C45H55ClN4O5SSi. The van der Waals surface area contributed by atoms with Crippen molar-refractivity contribution in [3.63, 3.8) is 0 Å². The predicted molar refractivity (Wildman–Crippen MR) is 233 cm³/mol. The standard InChI is InChI=1S/C45H55ClN4O5SSi/c1-32-28-37(24-25-41(32)48-44-47-30-34-29-40(46)43(51)50(42(34)49-44)35-14-11-12-15-35)56(52,53)27-13-26-54-36-22-20-33(21-23-36)31-55-57(45(2,3)4,38-16-7-5-8-17-38)39-18-9-6-10-19-39/h5-10,16-19,24-25,28-30,33,35-36H,11-15,20-23,26-27,31H2,1-4H3,(H,47,48,49). The van der Waals surface area contributed by atoms with Gasteiger partial charge in [-0.25, -0.2) is 13.4 Å². The minimum Gasteiger partial charge on any atom is -0.407 e. The minimum absolute atomic E-state index is 0.00985. The van der Waals surface area contributed by atoms with Crippen molar-refractivity contribution in [3.05, 3.63) is 112 Å². The number of anilines is 2. The Morgan fingerprint density at radius 3 is 2.16 bits per heavy atom. The highest BCUT2D eigenvalue weighted by atomic mass is 35.5. The Morgan fingerprint density at radius 2 is 1.54 bits per heavy atom. The van der Waals surface area contributed by atoms with Gasteiger partial charge in [-0.2, -0.15) is 4.98 Å². The van der Waals surface area contributed by atoms with Crippen molar-refractivity contribution in [1.29, 1.82) is 0 Å². The van der Waals surface area contributed by atoms with Gasteiger partial charge in [-0.05, 0) is 103 Å². The molecule has 1 N–H and O–H groups in total. The Balaban J connectivity index is 0.911. The Labute approximate surface area is 343 Å². The second-order valence-corrected chi connectivity index (χ2v) is 23.7. The zero-order chi connectivity index (χ0) is 40.2. The predicted octanol–water partition coefficient (Wildman–Crippen LogP) is 8.93. The van der Waals surface area contributed by atoms with Crippen LogP contribution < -0.4 is 21.2 Å². The number of ether oxygens (including phenoxy) is 1. The number of nitrogens with one attached hydrogen (secondary N) is 1. The van der Waals surface area contributed by atoms with Crippen LogP contribution >= 0.6 is 11.6 Å². The van der Waals surface area contributed by atoms with Crippen molar-refractivity contribution in [2.24, 2.45) is 5.92 Å². The van der Waals surface area contributed by atoms with Crippen molar-refractivity contribution in [2.45, 2.75) is 108 Å². The molecule has 2 saturated carbocycles. The lowest BCUT2D eigenvalue weighted by Crippen LogP contribution is -2.67. The molecule has 12 heteroatoms. The summed E-state index contributed by atoms with van der Waals surface area (Å²) >= 11 is 6.29. The fourth-order valence-corrected chi connectivity index (χ4v) is 15.0. The molecule has 7 rings (SSSR count). The van der Waals surface area contributed by atoms with Crippen molar-refractivity contribution in [3.8, 4) is 0 Å². The topological polar surface area (TPSA) is 112 Å². The lowest BCUT2D eigenvalue weighted by molar-refractivity contribution is 0.0129. The number of hydrogen-bond acceptors (Lipinski definition) is 8. The number of pyridine rings is 1. The largest absolute Gasteiger partial charge is 0.407 e. The lowest BCUT2D eigenvalue weighted by atomic mass is 9.88. The van der Waals surface area contributed by atoms with E-state index in [1.807, 2.05) is 6.92 Å². The van der Waals surface area contributed by atoms with E-state index in [1.54, 1.807) is 35.0 Å². The van der Waals surface area contributed by atoms with Gasteiger partial charge in [0, 0.05) is 36.5 Å². The van der Waals surface area contributed by atoms with Crippen LogP contribution in [-0.2, 0) is 19.0 Å². The number of aryl methyl sites for hydroxylation is 1.